The number of halogens is 1. The molecule has 4 nitrogen and oxygen atoms in total. The lowest BCUT2D eigenvalue weighted by molar-refractivity contribution is 0.0740. The average Bonchev–Trinajstić information content (AvgIpc) is 3.23. The van der Waals surface area contributed by atoms with Gasteiger partial charge in [0.25, 0.3) is 5.91 Å². The number of carbonyl (C=O) groups excluding carboxylic acids is 1. The van der Waals surface area contributed by atoms with E-state index in [0.29, 0.717) is 23.1 Å². The molecule has 0 bridgehead atoms. The molecule has 0 aromatic carbocycles. The molecule has 3 rings (SSSR count). The number of rotatable bonds is 5. The summed E-state index contributed by atoms with van der Waals surface area (Å²) < 4.78 is 0. The van der Waals surface area contributed by atoms with Crippen LogP contribution in [0.15, 0.2) is 18.5 Å². The van der Waals surface area contributed by atoms with Gasteiger partial charge in [0.1, 0.15) is 0 Å². The Bertz CT molecular complexity index is 444. The van der Waals surface area contributed by atoms with E-state index in [1.807, 2.05) is 4.90 Å². The first-order valence-electron chi connectivity index (χ1n) is 6.73. The third-order valence-corrected chi connectivity index (χ3v) is 3.72. The Kier molecular flexibility index (Phi) is 4.30. The number of anilines is 1. The van der Waals surface area contributed by atoms with Crippen LogP contribution in [-0.2, 0) is 0 Å². The maximum absolute atomic E-state index is 12.5. The largest absolute Gasteiger partial charge is 0.398 e. The highest BCUT2D eigenvalue weighted by Gasteiger charge is 2.32. The lowest BCUT2D eigenvalue weighted by Crippen LogP contribution is -2.35. The summed E-state index contributed by atoms with van der Waals surface area (Å²) in [5.74, 6) is 1.48. The number of nitrogens with two attached hydrogens (primary N) is 1. The monoisotopic (exact) mass is 281 g/mol. The summed E-state index contributed by atoms with van der Waals surface area (Å²) >= 11 is 0. The van der Waals surface area contributed by atoms with Gasteiger partial charge in [-0.2, -0.15) is 0 Å². The summed E-state index contributed by atoms with van der Waals surface area (Å²) in [5, 5.41) is 0. The van der Waals surface area contributed by atoms with Crippen LogP contribution in [0.25, 0.3) is 0 Å². The predicted octanol–water partition coefficient (Wildman–Crippen LogP) is 2.35. The van der Waals surface area contributed by atoms with E-state index in [2.05, 4.69) is 4.98 Å². The Hall–Kier alpha value is -1.29. The molecule has 2 saturated carbocycles. The zero-order valence-corrected chi connectivity index (χ0v) is 11.7. The van der Waals surface area contributed by atoms with Crippen molar-refractivity contribution in [2.45, 2.75) is 25.7 Å². The second-order valence-electron chi connectivity index (χ2n) is 5.56. The first-order valence-corrected chi connectivity index (χ1v) is 6.73. The maximum atomic E-state index is 12.5. The molecule has 19 heavy (non-hydrogen) atoms. The van der Waals surface area contributed by atoms with Gasteiger partial charge in [-0.25, -0.2) is 0 Å². The van der Waals surface area contributed by atoms with Crippen LogP contribution in [0.1, 0.15) is 36.0 Å². The van der Waals surface area contributed by atoms with Gasteiger partial charge < -0.3 is 10.6 Å². The predicted molar refractivity (Wildman–Crippen MR) is 77.2 cm³/mol. The fraction of sp³-hybridized carbons (Fsp3) is 0.571. The van der Waals surface area contributed by atoms with Crippen LogP contribution < -0.4 is 5.73 Å². The molecule has 5 heteroatoms. The van der Waals surface area contributed by atoms with Gasteiger partial charge in [0, 0.05) is 31.2 Å². The molecule has 0 unspecified atom stereocenters. The van der Waals surface area contributed by atoms with E-state index >= 15 is 0 Å². The van der Waals surface area contributed by atoms with Crippen LogP contribution in [0, 0.1) is 11.8 Å². The molecule has 0 spiro atoms. The first kappa shape index (κ1) is 14.1. The number of nitrogens with zero attached hydrogens (tertiary/aromatic N) is 2. The SMILES string of the molecule is Cl.Nc1ccncc1C(=O)N(CC1CC1)CC1CC1. The number of carbonyl (C=O) groups is 1. The maximum Gasteiger partial charge on any atom is 0.257 e. The van der Waals surface area contributed by atoms with Gasteiger partial charge in [0.15, 0.2) is 0 Å². The van der Waals surface area contributed by atoms with Crippen molar-refractivity contribution >= 4 is 24.0 Å². The van der Waals surface area contributed by atoms with E-state index in [1.165, 1.54) is 25.7 Å². The van der Waals surface area contributed by atoms with Crippen LogP contribution in [0.4, 0.5) is 5.69 Å². The standard InChI is InChI=1S/C14H19N3O.ClH/c15-13-5-6-16-7-12(13)14(18)17(8-10-1-2-10)9-11-3-4-11;/h5-7,10-11H,1-4,8-9H2,(H2,15,16);1H. The summed E-state index contributed by atoms with van der Waals surface area (Å²) in [4.78, 5) is 18.5. The van der Waals surface area contributed by atoms with E-state index in [1.54, 1.807) is 18.5 Å². The smallest absolute Gasteiger partial charge is 0.257 e. The fourth-order valence-corrected chi connectivity index (χ4v) is 2.22. The minimum atomic E-state index is 0. The van der Waals surface area contributed by atoms with Crippen molar-refractivity contribution in [3.05, 3.63) is 24.0 Å². The molecule has 0 saturated heterocycles. The second kappa shape index (κ2) is 5.78. The fourth-order valence-electron chi connectivity index (χ4n) is 2.22. The van der Waals surface area contributed by atoms with Crippen molar-refractivity contribution in [2.24, 2.45) is 11.8 Å². The Morgan fingerprint density at radius 1 is 1.26 bits per heavy atom. The van der Waals surface area contributed by atoms with Gasteiger partial charge in [-0.3, -0.25) is 9.78 Å². The number of nitrogen functional groups attached to an aromatic ring is 1. The van der Waals surface area contributed by atoms with Gasteiger partial charge >= 0.3 is 0 Å². The number of hydrogen-bond donors (Lipinski definition) is 1. The molecule has 0 atom stereocenters. The van der Waals surface area contributed by atoms with Crippen molar-refractivity contribution in [3.63, 3.8) is 0 Å². The highest BCUT2D eigenvalue weighted by Crippen LogP contribution is 2.34. The zero-order valence-electron chi connectivity index (χ0n) is 10.9. The van der Waals surface area contributed by atoms with Crippen molar-refractivity contribution < 1.29 is 4.79 Å². The van der Waals surface area contributed by atoms with Gasteiger partial charge in [-0.05, 0) is 43.6 Å². The van der Waals surface area contributed by atoms with E-state index in [4.69, 9.17) is 5.73 Å². The second-order valence-corrected chi connectivity index (χ2v) is 5.56. The van der Waals surface area contributed by atoms with Crippen LogP contribution in [0.3, 0.4) is 0 Å². The lowest BCUT2D eigenvalue weighted by Gasteiger charge is -2.23. The lowest BCUT2D eigenvalue weighted by atomic mass is 10.2. The highest BCUT2D eigenvalue weighted by molar-refractivity contribution is 5.98. The summed E-state index contributed by atoms with van der Waals surface area (Å²) in [6.07, 6.45) is 8.25. The van der Waals surface area contributed by atoms with Crippen LogP contribution in [0.5, 0.6) is 0 Å². The number of aromatic nitrogens is 1. The minimum Gasteiger partial charge on any atom is -0.398 e. The summed E-state index contributed by atoms with van der Waals surface area (Å²) in [5.41, 5.74) is 6.95. The molecule has 1 aromatic heterocycles. The van der Waals surface area contributed by atoms with E-state index in [-0.39, 0.29) is 18.3 Å². The Labute approximate surface area is 119 Å². The Balaban J connectivity index is 0.00000133. The summed E-state index contributed by atoms with van der Waals surface area (Å²) in [7, 11) is 0. The van der Waals surface area contributed by atoms with E-state index < -0.39 is 0 Å². The van der Waals surface area contributed by atoms with Crippen LogP contribution >= 0.6 is 12.4 Å². The van der Waals surface area contributed by atoms with Crippen molar-refractivity contribution in [1.29, 1.82) is 0 Å². The number of hydrogen-bond acceptors (Lipinski definition) is 3. The van der Waals surface area contributed by atoms with Gasteiger partial charge in [-0.15, -0.1) is 12.4 Å². The molecule has 1 amide bonds. The van der Waals surface area contributed by atoms with Crippen LogP contribution in [0.2, 0.25) is 0 Å². The highest BCUT2D eigenvalue weighted by atomic mass is 35.5. The topological polar surface area (TPSA) is 59.2 Å². The van der Waals surface area contributed by atoms with E-state index in [0.717, 1.165) is 13.1 Å². The molecule has 2 aliphatic rings. The minimum absolute atomic E-state index is 0. The normalized spacial score (nSPS) is 17.7. The van der Waals surface area contributed by atoms with Crippen molar-refractivity contribution in [2.75, 3.05) is 18.8 Å². The molecule has 2 fully saturated rings. The molecule has 1 heterocycles. The molecule has 0 aliphatic heterocycles. The molecular formula is C14H20ClN3O. The van der Waals surface area contributed by atoms with Gasteiger partial charge in [0.2, 0.25) is 0 Å². The average molecular weight is 282 g/mol. The number of amides is 1. The Morgan fingerprint density at radius 3 is 2.32 bits per heavy atom. The molecule has 0 radical (unpaired) electrons. The quantitative estimate of drug-likeness (QED) is 0.901. The van der Waals surface area contributed by atoms with Gasteiger partial charge in [0.05, 0.1) is 5.56 Å². The van der Waals surface area contributed by atoms with E-state index in [9.17, 15) is 4.79 Å². The molecular weight excluding hydrogens is 262 g/mol. The van der Waals surface area contributed by atoms with Gasteiger partial charge in [-0.1, -0.05) is 0 Å². The number of pyridine rings is 1. The Morgan fingerprint density at radius 2 is 1.84 bits per heavy atom. The van der Waals surface area contributed by atoms with Crippen molar-refractivity contribution in [3.8, 4) is 0 Å². The first-order chi connectivity index (χ1) is 8.74. The third kappa shape index (κ3) is 3.60. The molecule has 2 aliphatic carbocycles. The molecule has 2 N–H and O–H groups in total. The molecule has 1 aromatic rings. The van der Waals surface area contributed by atoms with Crippen LogP contribution in [-0.4, -0.2) is 28.9 Å². The third-order valence-electron chi connectivity index (χ3n) is 3.72. The zero-order chi connectivity index (χ0) is 12.5. The summed E-state index contributed by atoms with van der Waals surface area (Å²) in [6.45, 7) is 1.79. The summed E-state index contributed by atoms with van der Waals surface area (Å²) in [6, 6.07) is 1.69. The van der Waals surface area contributed by atoms with Crippen molar-refractivity contribution in [1.82, 2.24) is 9.88 Å². The molecule has 104 valence electrons.